The zero-order valence-electron chi connectivity index (χ0n) is 34.6. The molecule has 0 heterocycles. The number of aliphatic carboxylic acids is 4. The minimum Gasteiger partial charge on any atom is -0.481 e. The van der Waals surface area contributed by atoms with E-state index in [-0.39, 0.29) is 77.2 Å². The summed E-state index contributed by atoms with van der Waals surface area (Å²) in [6, 6.07) is -3.64. The third-order valence-corrected chi connectivity index (χ3v) is 9.26. The Bertz CT molecular complexity index is 1300. The monoisotopic (exact) mass is 844 g/mol. The maximum absolute atomic E-state index is 12.7. The summed E-state index contributed by atoms with van der Waals surface area (Å²) in [5.74, 6) is -7.24. The van der Waals surface area contributed by atoms with Gasteiger partial charge in [0.15, 0.2) is 5.78 Å². The Hall–Kier alpha value is -4.65. The number of hydrogen-bond donors (Lipinski definition) is 8. The zero-order valence-corrected chi connectivity index (χ0v) is 34.6. The molecule has 0 aliphatic rings. The topological polar surface area (TPSA) is 301 Å². The number of unbranched alkanes of at least 4 members (excludes halogenated alkanes) is 13. The molecule has 0 radical (unpaired) electrons. The summed E-state index contributed by atoms with van der Waals surface area (Å²) in [7, 11) is 0. The predicted octanol–water partition coefficient (Wildman–Crippen LogP) is 3.10. The maximum Gasteiger partial charge on any atom is 0.326 e. The van der Waals surface area contributed by atoms with Crippen LogP contribution in [0.4, 0.5) is 0 Å². The Morgan fingerprint density at radius 2 is 0.881 bits per heavy atom. The Morgan fingerprint density at radius 3 is 1.37 bits per heavy atom. The molecule has 0 spiro atoms. The average Bonchev–Trinajstić information content (AvgIpc) is 3.16. The van der Waals surface area contributed by atoms with Crippen molar-refractivity contribution in [3.05, 3.63) is 0 Å². The lowest BCUT2D eigenvalue weighted by atomic mass is 10.0. The lowest BCUT2D eigenvalue weighted by Crippen LogP contribution is -2.52. The van der Waals surface area contributed by atoms with Gasteiger partial charge in [-0.05, 0) is 39.0 Å². The quantitative estimate of drug-likeness (QED) is 0.0411. The van der Waals surface area contributed by atoms with Crippen molar-refractivity contribution in [2.24, 2.45) is 0 Å². The first-order valence-electron chi connectivity index (χ1n) is 20.8. The highest BCUT2D eigenvalue weighted by Crippen LogP contribution is 2.14. The van der Waals surface area contributed by atoms with E-state index in [0.29, 0.717) is 6.42 Å². The van der Waals surface area contributed by atoms with Gasteiger partial charge in [0.05, 0.1) is 25.9 Å². The fraction of sp³-hybridized carbons (Fsp3) is 0.775. The molecule has 0 bridgehead atoms. The van der Waals surface area contributed by atoms with Crippen LogP contribution in [0.2, 0.25) is 0 Å². The summed E-state index contributed by atoms with van der Waals surface area (Å²) in [4.78, 5) is 105. The molecule has 0 aromatic carbocycles. The molecule has 3 atom stereocenters. The largest absolute Gasteiger partial charge is 0.481 e. The summed E-state index contributed by atoms with van der Waals surface area (Å²) in [5, 5.41) is 45.8. The third-order valence-electron chi connectivity index (χ3n) is 9.26. The van der Waals surface area contributed by atoms with Gasteiger partial charge in [-0.3, -0.25) is 38.4 Å². The molecule has 59 heavy (non-hydrogen) atoms. The second-order valence-corrected chi connectivity index (χ2v) is 14.5. The highest BCUT2D eigenvalue weighted by Gasteiger charge is 2.26. The van der Waals surface area contributed by atoms with Gasteiger partial charge >= 0.3 is 23.9 Å². The van der Waals surface area contributed by atoms with Gasteiger partial charge in [0, 0.05) is 38.6 Å². The zero-order chi connectivity index (χ0) is 44.3. The lowest BCUT2D eigenvalue weighted by molar-refractivity contribution is -0.142. The summed E-state index contributed by atoms with van der Waals surface area (Å²) < 4.78 is 10.6. The Labute approximate surface area is 346 Å². The number of amides is 4. The molecule has 19 nitrogen and oxygen atoms in total. The van der Waals surface area contributed by atoms with Crippen LogP contribution in [0.3, 0.4) is 0 Å². The van der Waals surface area contributed by atoms with Crippen LogP contribution < -0.4 is 21.3 Å². The van der Waals surface area contributed by atoms with Crippen LogP contribution >= 0.6 is 0 Å². The number of carbonyl (C=O) groups excluding carboxylic acids is 5. The number of ether oxygens (including phenoxy) is 2. The van der Waals surface area contributed by atoms with E-state index in [4.69, 9.17) is 24.8 Å². The molecule has 0 fully saturated rings. The predicted molar refractivity (Wildman–Crippen MR) is 213 cm³/mol. The van der Waals surface area contributed by atoms with Crippen molar-refractivity contribution in [3.63, 3.8) is 0 Å². The molecule has 0 aromatic heterocycles. The first-order chi connectivity index (χ1) is 28.1. The first-order valence-corrected chi connectivity index (χ1v) is 20.8. The Kier molecular flexibility index (Phi) is 32.5. The van der Waals surface area contributed by atoms with Gasteiger partial charge in [-0.1, -0.05) is 77.0 Å². The summed E-state index contributed by atoms with van der Waals surface area (Å²) in [5.41, 5.74) is 0. The highest BCUT2D eigenvalue weighted by molar-refractivity contribution is 5.92. The number of Topliss-reactive ketones (excluding diaryl/α,β-unsaturated/α-hetero) is 1. The smallest absolute Gasteiger partial charge is 0.326 e. The number of carboxylic acids is 4. The van der Waals surface area contributed by atoms with Gasteiger partial charge in [0.25, 0.3) is 0 Å². The number of ketones is 1. The molecule has 0 saturated carbocycles. The van der Waals surface area contributed by atoms with Gasteiger partial charge < -0.3 is 51.2 Å². The van der Waals surface area contributed by atoms with E-state index in [2.05, 4.69) is 21.3 Å². The number of carbonyl (C=O) groups is 9. The second-order valence-electron chi connectivity index (χ2n) is 14.5. The Morgan fingerprint density at radius 1 is 0.441 bits per heavy atom. The van der Waals surface area contributed by atoms with E-state index in [1.165, 1.54) is 32.1 Å². The number of nitrogens with one attached hydrogen (secondary N) is 4. The molecule has 0 aliphatic carbocycles. The summed E-state index contributed by atoms with van der Waals surface area (Å²) in [6.45, 7) is 0.839. The van der Waals surface area contributed by atoms with E-state index in [9.17, 15) is 48.3 Å². The van der Waals surface area contributed by atoms with Gasteiger partial charge in [0.2, 0.25) is 23.6 Å². The summed E-state index contributed by atoms with van der Waals surface area (Å²) >= 11 is 0. The number of hydrogen-bond acceptors (Lipinski definition) is 11. The molecule has 0 aromatic rings. The molecule has 8 N–H and O–H groups in total. The number of carboxylic acid groups (broad SMARTS) is 4. The van der Waals surface area contributed by atoms with Crippen molar-refractivity contribution in [1.82, 2.24) is 21.3 Å². The molecule has 0 rings (SSSR count). The molecule has 0 saturated heterocycles. The van der Waals surface area contributed by atoms with Crippen LogP contribution in [0.25, 0.3) is 0 Å². The maximum atomic E-state index is 12.7. The van der Waals surface area contributed by atoms with Crippen molar-refractivity contribution in [2.45, 2.75) is 166 Å². The fourth-order valence-corrected chi connectivity index (χ4v) is 5.91. The van der Waals surface area contributed by atoms with Crippen LogP contribution in [-0.4, -0.2) is 125 Å². The molecular formula is C40H68N4O15. The van der Waals surface area contributed by atoms with E-state index < -0.39 is 78.5 Å². The van der Waals surface area contributed by atoms with E-state index in [1.807, 2.05) is 0 Å². The number of rotatable bonds is 40. The van der Waals surface area contributed by atoms with Crippen molar-refractivity contribution >= 4 is 53.3 Å². The Balaban J connectivity index is 4.11. The van der Waals surface area contributed by atoms with Crippen LogP contribution in [-0.2, 0) is 52.6 Å². The van der Waals surface area contributed by atoms with Crippen molar-refractivity contribution in [1.29, 1.82) is 0 Å². The molecule has 0 aliphatic heterocycles. The highest BCUT2D eigenvalue weighted by atomic mass is 16.5. The minimum atomic E-state index is -1.32. The van der Waals surface area contributed by atoms with Crippen molar-refractivity contribution in [2.75, 3.05) is 33.0 Å². The molecule has 338 valence electrons. The second kappa shape index (κ2) is 35.3. The lowest BCUT2D eigenvalue weighted by Gasteiger charge is -2.21. The normalized spacial score (nSPS) is 12.4. The minimum absolute atomic E-state index is 0.0326. The van der Waals surface area contributed by atoms with Crippen LogP contribution in [0.5, 0.6) is 0 Å². The first kappa shape index (κ1) is 54.3. The van der Waals surface area contributed by atoms with Gasteiger partial charge in [0.1, 0.15) is 18.7 Å². The van der Waals surface area contributed by atoms with Gasteiger partial charge in [-0.15, -0.1) is 0 Å². The SMILES string of the molecule is CC(=O)C(CCC(=O)O)NC(=O)C(CCC(=O)O)NC(=O)COCCOCCNC(=O)CCC(NC(=O)CCCCCCCCCCCCCCCCC(=O)O)C(=O)O. The molecular weight excluding hydrogens is 776 g/mol. The third kappa shape index (κ3) is 34.0. The van der Waals surface area contributed by atoms with E-state index >= 15 is 0 Å². The van der Waals surface area contributed by atoms with E-state index in [0.717, 1.165) is 58.3 Å². The van der Waals surface area contributed by atoms with Crippen LogP contribution in [0.15, 0.2) is 0 Å². The van der Waals surface area contributed by atoms with Crippen molar-refractivity contribution in [3.8, 4) is 0 Å². The average molecular weight is 845 g/mol. The fourth-order valence-electron chi connectivity index (χ4n) is 5.91. The van der Waals surface area contributed by atoms with Crippen LogP contribution in [0, 0.1) is 0 Å². The van der Waals surface area contributed by atoms with Crippen LogP contribution in [0.1, 0.15) is 148 Å². The standard InChI is InChI=1S/C40H68N4O15/c1-29(45)30(19-22-37(51)52)44-39(55)31(20-23-38(53)54)42-35(48)28-59-27-26-58-25-24-41-33(46)21-18-32(40(56)57)43-34(47)16-14-12-10-8-6-4-2-3-5-7-9-11-13-15-17-36(49)50/h30-32H,2-28H2,1H3,(H,41,46)(H,42,48)(H,43,47)(H,44,55)(H,49,50)(H,51,52)(H,53,54)(H,56,57). The molecule has 3 unspecified atom stereocenters. The summed E-state index contributed by atoms with van der Waals surface area (Å²) in [6.07, 6.45) is 13.7. The molecule has 4 amide bonds. The van der Waals surface area contributed by atoms with E-state index in [1.54, 1.807) is 0 Å². The van der Waals surface area contributed by atoms with Gasteiger partial charge in [-0.2, -0.15) is 0 Å². The van der Waals surface area contributed by atoms with Gasteiger partial charge in [-0.25, -0.2) is 4.79 Å². The molecule has 19 heteroatoms. The van der Waals surface area contributed by atoms with Crippen molar-refractivity contribution < 1.29 is 73.1 Å².